The summed E-state index contributed by atoms with van der Waals surface area (Å²) < 4.78 is 5.61. The van der Waals surface area contributed by atoms with E-state index in [1.54, 1.807) is 0 Å². The van der Waals surface area contributed by atoms with Gasteiger partial charge in [0.25, 0.3) is 0 Å². The normalized spacial score (nSPS) is 11.5. The predicted molar refractivity (Wildman–Crippen MR) is 70.2 cm³/mol. The number of nitrogens with one attached hydrogen (secondary N) is 1. The molecular formula is C14H23NO2. The number of rotatable bonds is 6. The number of benzene rings is 1. The molecule has 0 atom stereocenters. The molecule has 0 aromatic heterocycles. The Morgan fingerprint density at radius 1 is 1.29 bits per heavy atom. The van der Waals surface area contributed by atoms with Crippen LogP contribution in [0.2, 0.25) is 0 Å². The zero-order valence-corrected chi connectivity index (χ0v) is 11.0. The van der Waals surface area contributed by atoms with Gasteiger partial charge < -0.3 is 15.2 Å². The van der Waals surface area contributed by atoms with E-state index in [-0.39, 0.29) is 12.1 Å². The monoisotopic (exact) mass is 237 g/mol. The smallest absolute Gasteiger partial charge is 0.119 e. The van der Waals surface area contributed by atoms with E-state index < -0.39 is 0 Å². The molecular weight excluding hydrogens is 214 g/mol. The van der Waals surface area contributed by atoms with Gasteiger partial charge in [-0.3, -0.25) is 0 Å². The molecule has 0 saturated heterocycles. The van der Waals surface area contributed by atoms with E-state index in [1.165, 1.54) is 0 Å². The minimum atomic E-state index is 0.0583. The van der Waals surface area contributed by atoms with E-state index in [2.05, 4.69) is 26.1 Å². The van der Waals surface area contributed by atoms with Crippen LogP contribution in [-0.2, 0) is 6.61 Å². The van der Waals surface area contributed by atoms with Crippen LogP contribution in [0.25, 0.3) is 0 Å². The summed E-state index contributed by atoms with van der Waals surface area (Å²) >= 11 is 0. The van der Waals surface area contributed by atoms with Gasteiger partial charge in [0.2, 0.25) is 0 Å². The average molecular weight is 237 g/mol. The number of ether oxygens (including phenoxy) is 1. The summed E-state index contributed by atoms with van der Waals surface area (Å²) in [4.78, 5) is 0. The van der Waals surface area contributed by atoms with E-state index >= 15 is 0 Å². The fourth-order valence-electron chi connectivity index (χ4n) is 1.46. The predicted octanol–water partition coefficient (Wildman–Crippen LogP) is 2.34. The Kier molecular flexibility index (Phi) is 5.45. The van der Waals surface area contributed by atoms with E-state index in [0.29, 0.717) is 6.61 Å². The minimum Gasteiger partial charge on any atom is -0.494 e. The van der Waals surface area contributed by atoms with Gasteiger partial charge in [-0.05, 0) is 51.4 Å². The largest absolute Gasteiger partial charge is 0.494 e. The molecule has 0 fully saturated rings. The van der Waals surface area contributed by atoms with E-state index in [1.807, 2.05) is 24.3 Å². The molecule has 1 aromatic rings. The Morgan fingerprint density at radius 3 is 2.71 bits per heavy atom. The van der Waals surface area contributed by atoms with Crippen molar-refractivity contribution in [1.29, 1.82) is 0 Å². The molecule has 0 unspecified atom stereocenters. The maximum Gasteiger partial charge on any atom is 0.119 e. The van der Waals surface area contributed by atoms with Gasteiger partial charge in [0, 0.05) is 5.54 Å². The first-order valence-electron chi connectivity index (χ1n) is 6.09. The number of hydrogen-bond acceptors (Lipinski definition) is 3. The molecule has 0 bridgehead atoms. The molecule has 2 N–H and O–H groups in total. The van der Waals surface area contributed by atoms with Crippen LogP contribution in [0.4, 0.5) is 0 Å². The van der Waals surface area contributed by atoms with Gasteiger partial charge in [0.05, 0.1) is 13.2 Å². The van der Waals surface area contributed by atoms with Crippen LogP contribution in [0.15, 0.2) is 24.3 Å². The lowest BCUT2D eigenvalue weighted by Gasteiger charge is -2.20. The second-order valence-corrected chi connectivity index (χ2v) is 5.18. The lowest BCUT2D eigenvalue weighted by Crippen LogP contribution is -2.36. The summed E-state index contributed by atoms with van der Waals surface area (Å²) in [6.07, 6.45) is 0.973. The highest BCUT2D eigenvalue weighted by atomic mass is 16.5. The van der Waals surface area contributed by atoms with Crippen molar-refractivity contribution >= 4 is 0 Å². The number of hydrogen-bond donors (Lipinski definition) is 2. The molecule has 1 aromatic carbocycles. The van der Waals surface area contributed by atoms with Crippen LogP contribution in [-0.4, -0.2) is 23.8 Å². The van der Waals surface area contributed by atoms with E-state index in [9.17, 15) is 0 Å². The van der Waals surface area contributed by atoms with Crippen LogP contribution in [0.1, 0.15) is 32.8 Å². The van der Waals surface area contributed by atoms with Crippen molar-refractivity contribution < 1.29 is 9.84 Å². The molecule has 0 radical (unpaired) electrons. The molecule has 0 aliphatic carbocycles. The average Bonchev–Trinajstić information content (AvgIpc) is 2.27. The molecule has 17 heavy (non-hydrogen) atoms. The van der Waals surface area contributed by atoms with Crippen molar-refractivity contribution in [2.75, 3.05) is 13.2 Å². The highest BCUT2D eigenvalue weighted by molar-refractivity contribution is 5.27. The Hall–Kier alpha value is -1.06. The molecule has 0 aliphatic heterocycles. The first-order chi connectivity index (χ1) is 8.01. The SMILES string of the molecule is CC(C)(C)NCCCOc1cccc(CO)c1. The molecule has 0 spiro atoms. The van der Waals surface area contributed by atoms with Crippen LogP contribution < -0.4 is 10.1 Å². The topological polar surface area (TPSA) is 41.5 Å². The van der Waals surface area contributed by atoms with Crippen molar-refractivity contribution in [2.24, 2.45) is 0 Å². The van der Waals surface area contributed by atoms with Crippen molar-refractivity contribution in [3.05, 3.63) is 29.8 Å². The summed E-state index contributed by atoms with van der Waals surface area (Å²) in [6, 6.07) is 7.57. The zero-order valence-electron chi connectivity index (χ0n) is 11.0. The molecule has 0 heterocycles. The third kappa shape index (κ3) is 6.29. The lowest BCUT2D eigenvalue weighted by atomic mass is 10.1. The Balaban J connectivity index is 2.22. The van der Waals surface area contributed by atoms with Gasteiger partial charge >= 0.3 is 0 Å². The van der Waals surface area contributed by atoms with Crippen molar-refractivity contribution in [3.63, 3.8) is 0 Å². The fraction of sp³-hybridized carbons (Fsp3) is 0.571. The van der Waals surface area contributed by atoms with E-state index in [4.69, 9.17) is 9.84 Å². The zero-order chi connectivity index (χ0) is 12.7. The summed E-state index contributed by atoms with van der Waals surface area (Å²) in [5.41, 5.74) is 1.05. The van der Waals surface area contributed by atoms with Crippen molar-refractivity contribution in [2.45, 2.75) is 39.3 Å². The van der Waals surface area contributed by atoms with Gasteiger partial charge in [-0.1, -0.05) is 12.1 Å². The first-order valence-corrected chi connectivity index (χ1v) is 6.09. The second-order valence-electron chi connectivity index (χ2n) is 5.18. The van der Waals surface area contributed by atoms with Gasteiger partial charge in [-0.2, -0.15) is 0 Å². The van der Waals surface area contributed by atoms with Crippen LogP contribution in [0.3, 0.4) is 0 Å². The molecule has 96 valence electrons. The summed E-state index contributed by atoms with van der Waals surface area (Å²) in [5, 5.41) is 12.4. The van der Waals surface area contributed by atoms with Gasteiger partial charge in [0.15, 0.2) is 0 Å². The second kappa shape index (κ2) is 6.62. The standard InChI is InChI=1S/C14H23NO2/c1-14(2,3)15-8-5-9-17-13-7-4-6-12(10-13)11-16/h4,6-7,10,15-16H,5,8-9,11H2,1-3H3. The van der Waals surface area contributed by atoms with Crippen LogP contribution >= 0.6 is 0 Å². The number of aliphatic hydroxyl groups excluding tert-OH is 1. The highest BCUT2D eigenvalue weighted by Gasteiger charge is 2.07. The summed E-state index contributed by atoms with van der Waals surface area (Å²) in [5.74, 6) is 0.826. The Bertz CT molecular complexity index is 331. The van der Waals surface area contributed by atoms with Gasteiger partial charge in [-0.15, -0.1) is 0 Å². The van der Waals surface area contributed by atoms with Gasteiger partial charge in [-0.25, -0.2) is 0 Å². The van der Waals surface area contributed by atoms with E-state index in [0.717, 1.165) is 24.3 Å². The third-order valence-electron chi connectivity index (χ3n) is 2.33. The summed E-state index contributed by atoms with van der Waals surface area (Å²) in [7, 11) is 0. The minimum absolute atomic E-state index is 0.0583. The maximum absolute atomic E-state index is 9.00. The van der Waals surface area contributed by atoms with Crippen molar-refractivity contribution in [3.8, 4) is 5.75 Å². The van der Waals surface area contributed by atoms with Crippen molar-refractivity contribution in [1.82, 2.24) is 5.32 Å². The molecule has 1 rings (SSSR count). The summed E-state index contributed by atoms with van der Waals surface area (Å²) in [6.45, 7) is 8.15. The first kappa shape index (κ1) is 14.0. The van der Waals surface area contributed by atoms with Crippen LogP contribution in [0.5, 0.6) is 5.75 Å². The maximum atomic E-state index is 9.00. The molecule has 3 nitrogen and oxygen atoms in total. The Labute approximate surface area is 104 Å². The number of aliphatic hydroxyl groups is 1. The fourth-order valence-corrected chi connectivity index (χ4v) is 1.46. The quantitative estimate of drug-likeness (QED) is 0.746. The highest BCUT2D eigenvalue weighted by Crippen LogP contribution is 2.13. The Morgan fingerprint density at radius 2 is 2.06 bits per heavy atom. The molecule has 0 aliphatic rings. The molecule has 0 saturated carbocycles. The third-order valence-corrected chi connectivity index (χ3v) is 2.33. The molecule has 0 amide bonds. The van der Waals surface area contributed by atoms with Crippen LogP contribution in [0, 0.1) is 0 Å². The van der Waals surface area contributed by atoms with Gasteiger partial charge in [0.1, 0.15) is 5.75 Å². The lowest BCUT2D eigenvalue weighted by molar-refractivity contribution is 0.277. The molecule has 3 heteroatoms.